The van der Waals surface area contributed by atoms with Gasteiger partial charge >= 0.3 is 0 Å². The molecule has 3 heterocycles. The number of methoxy groups -OCH3 is 1. The lowest BCUT2D eigenvalue weighted by atomic mass is 9.94. The van der Waals surface area contributed by atoms with Crippen LogP contribution in [-0.2, 0) is 4.79 Å². The lowest BCUT2D eigenvalue weighted by Gasteiger charge is -2.30. The van der Waals surface area contributed by atoms with Gasteiger partial charge in [-0.1, -0.05) is 48.8 Å². The van der Waals surface area contributed by atoms with Gasteiger partial charge < -0.3 is 4.74 Å². The molecule has 0 spiro atoms. The summed E-state index contributed by atoms with van der Waals surface area (Å²) in [4.78, 5) is 21.2. The number of carbonyl (C=O) groups excluding carboxylic acids is 1. The maximum absolute atomic E-state index is 13.9. The van der Waals surface area contributed by atoms with E-state index in [1.807, 2.05) is 83.4 Å². The second-order valence-corrected chi connectivity index (χ2v) is 11.7. The Kier molecular flexibility index (Phi) is 7.30. The Morgan fingerprint density at radius 1 is 1.03 bits per heavy atom. The van der Waals surface area contributed by atoms with Gasteiger partial charge in [-0.05, 0) is 74.0 Å². The summed E-state index contributed by atoms with van der Waals surface area (Å²) in [5.74, 6) is 0.763. The van der Waals surface area contributed by atoms with Crippen LogP contribution in [0.3, 0.4) is 0 Å². The first-order valence-corrected chi connectivity index (χ1v) is 14.6. The maximum atomic E-state index is 13.9. The number of amides is 1. The number of nitrogens with zero attached hydrogens (tertiary/aromatic N) is 6. The molecule has 0 N–H and O–H groups in total. The van der Waals surface area contributed by atoms with Crippen LogP contribution in [0.15, 0.2) is 70.7 Å². The smallest absolute Gasteiger partial charge is 0.267 e. The quantitative estimate of drug-likeness (QED) is 0.247. The molecule has 1 saturated heterocycles. The molecule has 2 aromatic heterocycles. The maximum Gasteiger partial charge on any atom is 0.267 e. The van der Waals surface area contributed by atoms with Gasteiger partial charge in [-0.25, -0.2) is 4.68 Å². The van der Waals surface area contributed by atoms with Gasteiger partial charge in [-0.3, -0.25) is 9.69 Å². The van der Waals surface area contributed by atoms with E-state index in [9.17, 15) is 4.79 Å². The normalized spacial score (nSPS) is 18.4. The van der Waals surface area contributed by atoms with Crippen LogP contribution in [0.5, 0.6) is 5.75 Å². The zero-order valence-electron chi connectivity index (χ0n) is 21.8. The van der Waals surface area contributed by atoms with Crippen molar-refractivity contribution in [1.82, 2.24) is 24.9 Å². The van der Waals surface area contributed by atoms with E-state index in [0.717, 1.165) is 58.9 Å². The summed E-state index contributed by atoms with van der Waals surface area (Å²) in [5.41, 5.74) is 3.53. The third-order valence-electron chi connectivity index (χ3n) is 6.90. The molecule has 2 fully saturated rings. The Morgan fingerprint density at radius 2 is 1.79 bits per heavy atom. The largest absolute Gasteiger partial charge is 0.497 e. The van der Waals surface area contributed by atoms with Crippen molar-refractivity contribution in [2.24, 2.45) is 4.99 Å². The molecule has 1 aliphatic carbocycles. The first-order valence-electron chi connectivity index (χ1n) is 13.0. The first-order chi connectivity index (χ1) is 19.1. The molecule has 1 aliphatic heterocycles. The van der Waals surface area contributed by atoms with Crippen LogP contribution in [0, 0.1) is 6.92 Å². The SMILES string of the molecule is COc1ccc(-c2nn(-c3ccccc3)cc2/C=C2\S/C(=N/c3nnc(C)s3)N(C3CCCCC3)C2=O)cc1. The van der Waals surface area contributed by atoms with Crippen molar-refractivity contribution in [3.63, 3.8) is 0 Å². The number of aliphatic imine (C=N–C) groups is 1. The highest BCUT2D eigenvalue weighted by molar-refractivity contribution is 8.18. The van der Waals surface area contributed by atoms with E-state index in [-0.39, 0.29) is 11.9 Å². The number of aromatic nitrogens is 4. The predicted molar refractivity (Wildman–Crippen MR) is 157 cm³/mol. The monoisotopic (exact) mass is 556 g/mol. The number of hydrogen-bond acceptors (Lipinski definition) is 8. The highest BCUT2D eigenvalue weighted by Crippen LogP contribution is 2.40. The van der Waals surface area contributed by atoms with Crippen LogP contribution in [-0.4, -0.2) is 49.1 Å². The second kappa shape index (κ2) is 11.2. The topological polar surface area (TPSA) is 85.5 Å². The van der Waals surface area contributed by atoms with E-state index in [2.05, 4.69) is 10.2 Å². The van der Waals surface area contributed by atoms with Gasteiger partial charge in [0.1, 0.15) is 10.8 Å². The molecule has 8 nitrogen and oxygen atoms in total. The summed E-state index contributed by atoms with van der Waals surface area (Å²) in [7, 11) is 1.65. The first kappa shape index (κ1) is 25.5. The summed E-state index contributed by atoms with van der Waals surface area (Å²) in [6.45, 7) is 1.91. The number of thioether (sulfide) groups is 1. The van der Waals surface area contributed by atoms with Crippen molar-refractivity contribution in [2.45, 2.75) is 45.1 Å². The molecule has 2 aliphatic rings. The minimum atomic E-state index is -0.0139. The molecular weight excluding hydrogens is 528 g/mol. The molecule has 0 atom stereocenters. The molecule has 0 radical (unpaired) electrons. The molecule has 0 unspecified atom stereocenters. The lowest BCUT2D eigenvalue weighted by Crippen LogP contribution is -2.40. The number of aryl methyl sites for hydroxylation is 1. The molecule has 1 saturated carbocycles. The minimum Gasteiger partial charge on any atom is -0.497 e. The van der Waals surface area contributed by atoms with Crippen molar-refractivity contribution in [3.8, 4) is 22.7 Å². The Bertz CT molecular complexity index is 1540. The van der Waals surface area contributed by atoms with Crippen LogP contribution in [0.25, 0.3) is 23.0 Å². The summed E-state index contributed by atoms with van der Waals surface area (Å²) in [5, 5.41) is 15.3. The fourth-order valence-electron chi connectivity index (χ4n) is 4.96. The minimum absolute atomic E-state index is 0.0139. The van der Waals surface area contributed by atoms with Crippen LogP contribution in [0.2, 0.25) is 0 Å². The number of benzene rings is 2. The number of para-hydroxylation sites is 1. The van der Waals surface area contributed by atoms with Gasteiger partial charge in [-0.15, -0.1) is 10.2 Å². The Labute approximate surface area is 235 Å². The van der Waals surface area contributed by atoms with Crippen molar-refractivity contribution < 1.29 is 9.53 Å². The van der Waals surface area contributed by atoms with Crippen molar-refractivity contribution in [2.75, 3.05) is 7.11 Å². The van der Waals surface area contributed by atoms with E-state index >= 15 is 0 Å². The van der Waals surface area contributed by atoms with E-state index in [4.69, 9.17) is 14.8 Å². The highest BCUT2D eigenvalue weighted by Gasteiger charge is 2.39. The summed E-state index contributed by atoms with van der Waals surface area (Å²) in [6.07, 6.45) is 9.34. The Balaban J connectivity index is 1.42. The third kappa shape index (κ3) is 5.39. The number of hydrogen-bond donors (Lipinski definition) is 0. The Morgan fingerprint density at radius 3 is 2.49 bits per heavy atom. The van der Waals surface area contributed by atoms with Gasteiger partial charge in [-0.2, -0.15) is 10.1 Å². The zero-order chi connectivity index (χ0) is 26.8. The van der Waals surface area contributed by atoms with Crippen LogP contribution >= 0.6 is 23.1 Å². The summed E-state index contributed by atoms with van der Waals surface area (Å²) in [6, 6.07) is 17.9. The second-order valence-electron chi connectivity index (χ2n) is 9.52. The average Bonchev–Trinajstić information content (AvgIpc) is 3.67. The van der Waals surface area contributed by atoms with Crippen molar-refractivity contribution >= 4 is 45.4 Å². The zero-order valence-corrected chi connectivity index (χ0v) is 23.4. The summed E-state index contributed by atoms with van der Waals surface area (Å²) >= 11 is 2.83. The number of carbonyl (C=O) groups is 1. The van der Waals surface area contributed by atoms with Gasteiger partial charge in [0.05, 0.1) is 23.4 Å². The molecule has 2 aromatic carbocycles. The van der Waals surface area contributed by atoms with Crippen molar-refractivity contribution in [1.29, 1.82) is 0 Å². The molecule has 1 amide bonds. The number of rotatable bonds is 6. The van der Waals surface area contributed by atoms with E-state index in [1.165, 1.54) is 29.5 Å². The van der Waals surface area contributed by atoms with Crippen LogP contribution in [0.1, 0.15) is 42.7 Å². The van der Waals surface area contributed by atoms with Crippen LogP contribution < -0.4 is 4.74 Å². The van der Waals surface area contributed by atoms with Crippen molar-refractivity contribution in [3.05, 3.63) is 76.3 Å². The van der Waals surface area contributed by atoms with Gasteiger partial charge in [0.25, 0.3) is 5.91 Å². The van der Waals surface area contributed by atoms with E-state index in [0.29, 0.717) is 15.2 Å². The van der Waals surface area contributed by atoms with E-state index in [1.54, 1.807) is 7.11 Å². The van der Waals surface area contributed by atoms with Crippen LogP contribution in [0.4, 0.5) is 5.13 Å². The van der Waals surface area contributed by atoms with Gasteiger partial charge in [0.15, 0.2) is 5.17 Å². The van der Waals surface area contributed by atoms with Gasteiger partial charge in [0, 0.05) is 23.4 Å². The molecule has 39 heavy (non-hydrogen) atoms. The lowest BCUT2D eigenvalue weighted by molar-refractivity contribution is -0.124. The average molecular weight is 557 g/mol. The molecule has 198 valence electrons. The molecule has 10 heteroatoms. The molecule has 6 rings (SSSR count). The fourth-order valence-corrected chi connectivity index (χ4v) is 6.61. The van der Waals surface area contributed by atoms with E-state index < -0.39 is 0 Å². The predicted octanol–water partition coefficient (Wildman–Crippen LogP) is 6.64. The number of ether oxygens (including phenoxy) is 1. The molecule has 0 bridgehead atoms. The molecule has 4 aromatic rings. The Hall–Kier alpha value is -3.76. The number of amidine groups is 1. The molecular formula is C29H28N6O2S2. The summed E-state index contributed by atoms with van der Waals surface area (Å²) < 4.78 is 7.21. The fraction of sp³-hybridized carbons (Fsp3) is 0.276. The standard InChI is InChI=1S/C29H28N6O2S2/c1-19-31-32-28(38-19)30-29-35(23-11-7-4-8-12-23)27(36)25(39-29)17-21-18-34(22-9-5-3-6-10-22)33-26(21)20-13-15-24(37-2)16-14-20/h3,5-6,9-10,13-18,23H,4,7-8,11-12H2,1-2H3/b25-17-,30-29+. The third-order valence-corrected chi connectivity index (χ3v) is 8.61. The highest BCUT2D eigenvalue weighted by atomic mass is 32.2. The van der Waals surface area contributed by atoms with Gasteiger partial charge in [0.2, 0.25) is 5.13 Å².